The monoisotopic (exact) mass is 1690 g/mol. The molecule has 0 N–H and O–H groups in total. The molecular formula is C81H126F9NO6S4Y2-2. The molecule has 7 nitrogen and oxygen atoms in total. The van der Waals surface area contributed by atoms with Gasteiger partial charge in [0.1, 0.15) is 18.1 Å². The van der Waals surface area contributed by atoms with E-state index >= 15 is 0 Å². The minimum atomic E-state index is -5.53. The van der Waals surface area contributed by atoms with Gasteiger partial charge in [0, 0.05) is 106 Å². The second kappa shape index (κ2) is 42.3. The second-order valence-corrected chi connectivity index (χ2v) is 39.8. The number of alkyl halides is 9. The molecule has 6 aliphatic carbocycles. The van der Waals surface area contributed by atoms with Crippen molar-refractivity contribution in [2.75, 3.05) is 71.3 Å². The Balaban J connectivity index is 0.00000833. The van der Waals surface area contributed by atoms with Crippen LogP contribution in [-0.4, -0.2) is 115 Å². The van der Waals surface area contributed by atoms with Crippen LogP contribution in [-0.2, 0) is 97.5 Å². The van der Waals surface area contributed by atoms with E-state index in [9.17, 15) is 39.5 Å². The standard InChI is InChI=1S/C81H126F9NO6S4.2Y/c1-58(41-52-92-63-30-34-65-59(56-63)26-32-69-67(65)39-43-76(8)61(28-36-71(69)76)24-16-20-48-94-75(6,7)79(82,83)84)38-42-73(2,3)100-98-54-22-14-12-18-50-96-97-51-19-13-15-23-55-99-101-74(4,5)45-46-91(11)47-53-93-64-31-35-66-60(57-64)27-33-70-68(66)40-44-77(9)62(29-37-72(70)77)25-17-21-49-95-78(10,80(85,86)87)81(88,89)90;;/h18-19,30-31,34-35,56-58,61-62,67-72H,12-17,20-29,32-33,36-55H2,1-11H3;;/q-2;;. The molecule has 11 atom stereocenters. The summed E-state index contributed by atoms with van der Waals surface area (Å²) in [6.45, 7) is 22.9. The number of fused-ring (bicyclic) bond motifs is 10. The Morgan fingerprint density at radius 1 is 0.524 bits per heavy atom. The van der Waals surface area contributed by atoms with Gasteiger partial charge in [0.05, 0.1) is 6.61 Å². The second-order valence-electron chi connectivity index (χ2n) is 33.6. The molecule has 2 aromatic carbocycles. The van der Waals surface area contributed by atoms with Crippen LogP contribution in [0, 0.1) is 65.1 Å². The predicted molar refractivity (Wildman–Crippen MR) is 402 cm³/mol. The van der Waals surface area contributed by atoms with Gasteiger partial charge in [0.2, 0.25) is 0 Å². The minimum absolute atomic E-state index is 0. The van der Waals surface area contributed by atoms with Gasteiger partial charge in [-0.15, -0.1) is 0 Å². The molecule has 4 fully saturated rings. The Labute approximate surface area is 682 Å². The van der Waals surface area contributed by atoms with Crippen molar-refractivity contribution in [1.29, 1.82) is 0 Å². The Bertz CT molecular complexity index is 2790. The number of benzene rings is 2. The molecule has 2 aromatic rings. The number of halogens is 9. The van der Waals surface area contributed by atoms with Crippen molar-refractivity contribution in [3.63, 3.8) is 0 Å². The number of nitrogens with zero attached hydrogens (tertiary/aromatic N) is 1. The molecule has 0 spiro atoms. The van der Waals surface area contributed by atoms with Crippen LogP contribution >= 0.6 is 43.2 Å². The zero-order valence-corrected chi connectivity index (χ0v) is 73.2. The van der Waals surface area contributed by atoms with Crippen molar-refractivity contribution in [2.45, 2.75) is 300 Å². The van der Waals surface area contributed by atoms with E-state index in [0.29, 0.717) is 79.5 Å². The number of ether oxygens (including phenoxy) is 4. The first-order valence-electron chi connectivity index (χ1n) is 38.8. The maximum Gasteiger partial charge on any atom is 0.426 e. The Morgan fingerprint density at radius 2 is 0.990 bits per heavy atom. The molecule has 6 aliphatic rings. The summed E-state index contributed by atoms with van der Waals surface area (Å²) in [7, 11) is 10.2. The van der Waals surface area contributed by atoms with Crippen LogP contribution in [0.5, 0.6) is 11.5 Å². The zero-order valence-electron chi connectivity index (χ0n) is 64.3. The van der Waals surface area contributed by atoms with E-state index in [2.05, 4.69) is 114 Å². The maximum atomic E-state index is 13.3. The van der Waals surface area contributed by atoms with Crippen molar-refractivity contribution >= 4 is 43.2 Å². The Hall–Kier alpha value is 0.818. The summed E-state index contributed by atoms with van der Waals surface area (Å²) in [5.74, 6) is 9.66. The molecule has 0 amide bonds. The average Bonchev–Trinajstić information content (AvgIpc) is 1.67. The van der Waals surface area contributed by atoms with E-state index in [1.165, 1.54) is 74.5 Å². The molecule has 0 aliphatic heterocycles. The van der Waals surface area contributed by atoms with Gasteiger partial charge >= 0.3 is 18.5 Å². The summed E-state index contributed by atoms with van der Waals surface area (Å²) >= 11 is 0. The van der Waals surface area contributed by atoms with Crippen molar-refractivity contribution in [2.24, 2.45) is 52.3 Å². The fraction of sp³-hybridized carbons (Fsp3) is 0.827. The molecule has 4 saturated carbocycles. The molecule has 8 rings (SSSR count). The molecule has 2 radical (unpaired) electrons. The number of likely N-dealkylation sites (N-methyl/N-ethyl adjacent to an activating group) is 1. The van der Waals surface area contributed by atoms with Gasteiger partial charge in [-0.1, -0.05) is 102 Å². The third-order valence-corrected chi connectivity index (χ3v) is 31.9. The van der Waals surface area contributed by atoms with Crippen LogP contribution in [0.1, 0.15) is 270 Å². The average molecular weight is 1690 g/mol. The van der Waals surface area contributed by atoms with Crippen molar-refractivity contribution in [1.82, 2.24) is 4.90 Å². The normalized spacial score (nSPS) is 25.4. The van der Waals surface area contributed by atoms with Crippen LogP contribution in [0.3, 0.4) is 0 Å². The first-order valence-corrected chi connectivity index (χ1v) is 43.5. The van der Waals surface area contributed by atoms with Crippen LogP contribution in [0.4, 0.5) is 39.5 Å². The molecule has 0 heterocycles. The molecule has 586 valence electrons. The third kappa shape index (κ3) is 26.4. The molecule has 11 unspecified atom stereocenters. The van der Waals surface area contributed by atoms with E-state index in [0.717, 1.165) is 171 Å². The van der Waals surface area contributed by atoms with Gasteiger partial charge in [-0.25, -0.2) is 0 Å². The fourth-order valence-electron chi connectivity index (χ4n) is 18.2. The van der Waals surface area contributed by atoms with Crippen molar-refractivity contribution in [3.8, 4) is 11.5 Å². The topological polar surface area (TPSA) is 58.6 Å². The summed E-state index contributed by atoms with van der Waals surface area (Å²) in [6, 6.07) is 13.6. The summed E-state index contributed by atoms with van der Waals surface area (Å²) in [4.78, 5) is 13.2. The van der Waals surface area contributed by atoms with Gasteiger partial charge in [0.15, 0.2) is 5.60 Å². The Kier molecular flexibility index (Phi) is 38.0. The number of unbranched alkanes of at least 4 members (excludes halogenated alkanes) is 8. The first-order chi connectivity index (χ1) is 47.7. The number of hydrogen-bond acceptors (Lipinski definition) is 11. The summed E-state index contributed by atoms with van der Waals surface area (Å²) in [5.41, 5.74) is 0.118. The first kappa shape index (κ1) is 92.7. The molecule has 0 aromatic heterocycles. The van der Waals surface area contributed by atoms with Crippen molar-refractivity contribution < 1.29 is 134 Å². The number of hydrogen-bond donors (Lipinski definition) is 0. The van der Waals surface area contributed by atoms with Gasteiger partial charge in [-0.05, 0) is 327 Å². The van der Waals surface area contributed by atoms with Crippen LogP contribution < -0.4 is 9.47 Å². The van der Waals surface area contributed by atoms with Crippen LogP contribution in [0.25, 0.3) is 0 Å². The largest absolute Gasteiger partial charge is 0.494 e. The quantitative estimate of drug-likeness (QED) is 0.0159. The van der Waals surface area contributed by atoms with Crippen LogP contribution in [0.15, 0.2) is 36.4 Å². The van der Waals surface area contributed by atoms with E-state index in [1.54, 1.807) is 5.56 Å². The van der Waals surface area contributed by atoms with E-state index in [-0.39, 0.29) is 100 Å². The predicted octanol–water partition coefficient (Wildman–Crippen LogP) is 24.8. The molecular weight excluding hydrogens is 1560 g/mol. The van der Waals surface area contributed by atoms with Gasteiger partial charge < -0.3 is 36.7 Å². The molecule has 22 heteroatoms. The third-order valence-electron chi connectivity index (χ3n) is 25.1. The maximum absolute atomic E-state index is 13.3. The van der Waals surface area contributed by atoms with E-state index < -0.39 is 36.3 Å². The SMILES string of the molecule is CC(CCOc1ccc2c(c1)CCC1C2CCC2(C)C(CCCCOC(C)(C)C(F)(F)F)CCC12)CCC(C)(C)SSCCCC[CH-]COOC[CH-]CCCCSSC(C)(C)CCN(C)CCOc1ccc2c(c1)CCC1C2CCC2(C)C(CCCCOC(C)(C(F)(F)F)C(F)(F)F)CCC12.[Y].[Y]. The van der Waals surface area contributed by atoms with Gasteiger partial charge in [0.25, 0.3) is 5.60 Å². The smallest absolute Gasteiger partial charge is 0.426 e. The molecule has 103 heavy (non-hydrogen) atoms. The van der Waals surface area contributed by atoms with Crippen LogP contribution in [0.2, 0.25) is 0 Å². The van der Waals surface area contributed by atoms with E-state index in [1.807, 2.05) is 43.2 Å². The van der Waals surface area contributed by atoms with Gasteiger partial charge in [-0.2, -0.15) is 52.4 Å². The molecule has 0 saturated heterocycles. The summed E-state index contributed by atoms with van der Waals surface area (Å²) in [6.07, 6.45) is 18.3. The molecule has 0 bridgehead atoms. The van der Waals surface area contributed by atoms with Crippen molar-refractivity contribution in [3.05, 3.63) is 71.5 Å². The van der Waals surface area contributed by atoms with Gasteiger partial charge in [-0.3, -0.25) is 9.78 Å². The zero-order chi connectivity index (χ0) is 73.3. The number of rotatable bonds is 45. The summed E-state index contributed by atoms with van der Waals surface area (Å²) < 4.78 is 142. The Morgan fingerprint density at radius 3 is 1.47 bits per heavy atom. The summed E-state index contributed by atoms with van der Waals surface area (Å²) in [5, 5.41) is 0. The number of aryl methyl sites for hydroxylation is 2. The fourth-order valence-corrected chi connectivity index (χ4v) is 23.7. The van der Waals surface area contributed by atoms with E-state index in [4.69, 9.17) is 24.0 Å². The minimum Gasteiger partial charge on any atom is -0.494 e.